The molecule has 0 fully saturated rings. The number of hydrogen-bond donors (Lipinski definition) is 0. The van der Waals surface area contributed by atoms with Crippen LogP contribution in [0.15, 0.2) is 5.38 Å². The van der Waals surface area contributed by atoms with Gasteiger partial charge in [0.25, 0.3) is 0 Å². The van der Waals surface area contributed by atoms with E-state index in [1.54, 1.807) is 11.3 Å². The Morgan fingerprint density at radius 1 is 1.16 bits per heavy atom. The zero-order valence-corrected chi connectivity index (χ0v) is 12.5. The van der Waals surface area contributed by atoms with Crippen molar-refractivity contribution < 1.29 is 0 Å². The number of nitrogens with zero attached hydrogens (tertiary/aromatic N) is 3. The van der Waals surface area contributed by atoms with Gasteiger partial charge in [-0.25, -0.2) is 15.0 Å². The van der Waals surface area contributed by atoms with Crippen molar-refractivity contribution in [3.63, 3.8) is 0 Å². The van der Waals surface area contributed by atoms with Crippen molar-refractivity contribution in [2.75, 3.05) is 0 Å². The van der Waals surface area contributed by atoms with Gasteiger partial charge in [0.2, 0.25) is 0 Å². The quantitative estimate of drug-likeness (QED) is 0.625. The van der Waals surface area contributed by atoms with Crippen molar-refractivity contribution in [3.05, 3.63) is 38.3 Å². The summed E-state index contributed by atoms with van der Waals surface area (Å²) in [4.78, 5) is 13.6. The Bertz CT molecular complexity index is 594. The normalized spacial score (nSPS) is 15.1. The highest BCUT2D eigenvalue weighted by Crippen LogP contribution is 2.25. The van der Waals surface area contributed by atoms with E-state index >= 15 is 0 Å². The monoisotopic (exact) mass is 293 g/mol. The van der Waals surface area contributed by atoms with Crippen LogP contribution in [0.2, 0.25) is 5.15 Å². The van der Waals surface area contributed by atoms with Gasteiger partial charge in [-0.2, -0.15) is 0 Å². The van der Waals surface area contributed by atoms with E-state index in [1.165, 1.54) is 24.8 Å². The molecule has 3 rings (SSSR count). The molecule has 2 heterocycles. The number of halogens is 1. The van der Waals surface area contributed by atoms with Gasteiger partial charge in [-0.3, -0.25) is 0 Å². The number of hydrogen-bond acceptors (Lipinski definition) is 4. The summed E-state index contributed by atoms with van der Waals surface area (Å²) in [5, 5.41) is 3.76. The van der Waals surface area contributed by atoms with Crippen LogP contribution in [0.1, 0.15) is 47.0 Å². The van der Waals surface area contributed by atoms with Gasteiger partial charge in [-0.05, 0) is 32.6 Å². The fraction of sp³-hybridized carbons (Fsp3) is 0.500. The second kappa shape index (κ2) is 5.55. The van der Waals surface area contributed by atoms with Crippen molar-refractivity contribution in [1.29, 1.82) is 0 Å². The second-order valence-electron chi connectivity index (χ2n) is 4.98. The Kier molecular flexibility index (Phi) is 3.80. The van der Waals surface area contributed by atoms with Gasteiger partial charge in [0.05, 0.1) is 6.42 Å². The molecule has 3 nitrogen and oxygen atoms in total. The van der Waals surface area contributed by atoms with Crippen molar-refractivity contribution in [2.24, 2.45) is 0 Å². The molecule has 0 aliphatic heterocycles. The maximum atomic E-state index is 6.32. The Morgan fingerprint density at radius 2 is 2.00 bits per heavy atom. The summed E-state index contributed by atoms with van der Waals surface area (Å²) in [5.74, 6) is 0.806. The van der Waals surface area contributed by atoms with Crippen LogP contribution in [-0.4, -0.2) is 15.0 Å². The third-order valence-electron chi connectivity index (χ3n) is 3.40. The molecule has 0 saturated heterocycles. The average Bonchev–Trinajstić information content (AvgIpc) is 2.64. The Balaban J connectivity index is 1.90. The van der Waals surface area contributed by atoms with Crippen molar-refractivity contribution >= 4 is 22.9 Å². The predicted octanol–water partition coefficient (Wildman–Crippen LogP) is 3.75. The molecular formula is C14H16ClN3S. The van der Waals surface area contributed by atoms with E-state index in [2.05, 4.69) is 15.3 Å². The highest BCUT2D eigenvalue weighted by atomic mass is 35.5. The summed E-state index contributed by atoms with van der Waals surface area (Å²) in [5.41, 5.74) is 3.37. The molecule has 0 N–H and O–H groups in total. The van der Waals surface area contributed by atoms with Gasteiger partial charge in [0.15, 0.2) is 0 Å². The van der Waals surface area contributed by atoms with Gasteiger partial charge < -0.3 is 0 Å². The molecule has 2 aromatic rings. The Morgan fingerprint density at radius 3 is 2.79 bits per heavy atom. The van der Waals surface area contributed by atoms with E-state index in [4.69, 9.17) is 16.6 Å². The van der Waals surface area contributed by atoms with Crippen LogP contribution in [0, 0.1) is 6.92 Å². The predicted molar refractivity (Wildman–Crippen MR) is 78.0 cm³/mol. The SMILES string of the molecule is Cc1csc(Cc2nc(Cl)c3c(n2)CCCCC3)n1. The minimum absolute atomic E-state index is 0.648. The lowest BCUT2D eigenvalue weighted by Crippen LogP contribution is -2.05. The topological polar surface area (TPSA) is 38.7 Å². The molecule has 0 aromatic carbocycles. The molecule has 0 spiro atoms. The molecule has 5 heteroatoms. The fourth-order valence-electron chi connectivity index (χ4n) is 2.47. The van der Waals surface area contributed by atoms with Crippen LogP contribution in [-0.2, 0) is 19.3 Å². The zero-order chi connectivity index (χ0) is 13.2. The lowest BCUT2D eigenvalue weighted by Gasteiger charge is -2.08. The fourth-order valence-corrected chi connectivity index (χ4v) is 3.54. The summed E-state index contributed by atoms with van der Waals surface area (Å²) in [7, 11) is 0. The van der Waals surface area contributed by atoms with E-state index in [-0.39, 0.29) is 0 Å². The van der Waals surface area contributed by atoms with Crippen molar-refractivity contribution in [1.82, 2.24) is 15.0 Å². The third kappa shape index (κ3) is 2.95. The first-order valence-electron chi connectivity index (χ1n) is 6.67. The Labute approximate surface area is 122 Å². The zero-order valence-electron chi connectivity index (χ0n) is 10.9. The number of rotatable bonds is 2. The largest absolute Gasteiger partial charge is 0.246 e. The van der Waals surface area contributed by atoms with E-state index in [9.17, 15) is 0 Å². The van der Waals surface area contributed by atoms with Gasteiger partial charge in [-0.15, -0.1) is 11.3 Å². The van der Waals surface area contributed by atoms with Crippen LogP contribution in [0.3, 0.4) is 0 Å². The molecule has 100 valence electrons. The molecule has 0 unspecified atom stereocenters. The van der Waals surface area contributed by atoms with Crippen molar-refractivity contribution in [2.45, 2.75) is 45.4 Å². The van der Waals surface area contributed by atoms with Gasteiger partial charge in [0, 0.05) is 22.3 Å². The minimum Gasteiger partial charge on any atom is -0.246 e. The van der Waals surface area contributed by atoms with E-state index < -0.39 is 0 Å². The maximum Gasteiger partial charge on any atom is 0.137 e. The number of fused-ring (bicyclic) bond motifs is 1. The first-order valence-corrected chi connectivity index (χ1v) is 7.93. The summed E-state index contributed by atoms with van der Waals surface area (Å²) in [6, 6.07) is 0. The number of thiazole rings is 1. The average molecular weight is 294 g/mol. The molecule has 1 aliphatic carbocycles. The summed E-state index contributed by atoms with van der Waals surface area (Å²) < 4.78 is 0. The molecule has 0 saturated carbocycles. The van der Waals surface area contributed by atoms with Crippen molar-refractivity contribution in [3.8, 4) is 0 Å². The molecule has 19 heavy (non-hydrogen) atoms. The van der Waals surface area contributed by atoms with Gasteiger partial charge in [-0.1, -0.05) is 18.0 Å². The smallest absolute Gasteiger partial charge is 0.137 e. The minimum atomic E-state index is 0.648. The highest BCUT2D eigenvalue weighted by Gasteiger charge is 2.16. The molecule has 0 amide bonds. The standard InChI is InChI=1S/C14H16ClN3S/c1-9-8-19-13(16-9)7-12-17-11-6-4-2-3-5-10(11)14(15)18-12/h8H,2-7H2,1H3. The van der Waals surface area contributed by atoms with Crippen LogP contribution < -0.4 is 0 Å². The lowest BCUT2D eigenvalue weighted by molar-refractivity contribution is 0.708. The molecular weight excluding hydrogens is 278 g/mol. The lowest BCUT2D eigenvalue weighted by atomic mass is 10.1. The van der Waals surface area contributed by atoms with E-state index in [0.717, 1.165) is 35.1 Å². The second-order valence-corrected chi connectivity index (χ2v) is 6.28. The van der Waals surface area contributed by atoms with Crippen LogP contribution in [0.4, 0.5) is 0 Å². The van der Waals surface area contributed by atoms with Crippen LogP contribution >= 0.6 is 22.9 Å². The highest BCUT2D eigenvalue weighted by molar-refractivity contribution is 7.09. The molecule has 0 atom stereocenters. The van der Waals surface area contributed by atoms with E-state index in [1.807, 2.05) is 6.92 Å². The summed E-state index contributed by atoms with van der Waals surface area (Å²) >= 11 is 7.98. The molecule has 2 aromatic heterocycles. The number of aromatic nitrogens is 3. The third-order valence-corrected chi connectivity index (χ3v) is 4.68. The van der Waals surface area contributed by atoms with E-state index in [0.29, 0.717) is 11.6 Å². The molecule has 0 bridgehead atoms. The maximum absolute atomic E-state index is 6.32. The first kappa shape index (κ1) is 13.0. The molecule has 1 aliphatic rings. The summed E-state index contributed by atoms with van der Waals surface area (Å²) in [6.45, 7) is 2.00. The molecule has 0 radical (unpaired) electrons. The summed E-state index contributed by atoms with van der Waals surface area (Å²) in [6.07, 6.45) is 6.39. The first-order chi connectivity index (χ1) is 9.22. The van der Waals surface area contributed by atoms with Gasteiger partial charge >= 0.3 is 0 Å². The van der Waals surface area contributed by atoms with Crippen LogP contribution in [0.25, 0.3) is 0 Å². The number of aryl methyl sites for hydroxylation is 2. The van der Waals surface area contributed by atoms with Crippen LogP contribution in [0.5, 0.6) is 0 Å². The Hall–Kier alpha value is -1.00. The van der Waals surface area contributed by atoms with Gasteiger partial charge in [0.1, 0.15) is 16.0 Å².